The average molecular weight is 439 g/mol. The Morgan fingerprint density at radius 3 is 2.30 bits per heavy atom. The first kappa shape index (κ1) is 21.8. The highest BCUT2D eigenvalue weighted by molar-refractivity contribution is 7.91. The van der Waals surface area contributed by atoms with Crippen molar-refractivity contribution in [3.05, 3.63) is 27.7 Å². The summed E-state index contributed by atoms with van der Waals surface area (Å²) in [5.74, 6) is 0.433. The molecule has 3 aliphatic rings. The van der Waals surface area contributed by atoms with E-state index < -0.39 is 9.84 Å². The van der Waals surface area contributed by atoms with E-state index in [4.69, 9.17) is 0 Å². The van der Waals surface area contributed by atoms with Crippen molar-refractivity contribution < 1.29 is 13.5 Å². The van der Waals surface area contributed by atoms with Crippen molar-refractivity contribution in [2.45, 2.75) is 44.8 Å². The lowest BCUT2D eigenvalue weighted by Gasteiger charge is -2.38. The largest absolute Gasteiger partial charge is 0.503 e. The number of pyridine rings is 1. The molecule has 1 aromatic heterocycles. The third kappa shape index (κ3) is 4.90. The minimum Gasteiger partial charge on any atom is -0.503 e. The number of hydrogen-bond donors (Lipinski definition) is 1. The van der Waals surface area contributed by atoms with Gasteiger partial charge in [-0.3, -0.25) is 19.5 Å². The molecule has 8 nitrogen and oxygen atoms in total. The quantitative estimate of drug-likeness (QED) is 0.711. The Bertz CT molecular complexity index is 916. The van der Waals surface area contributed by atoms with Crippen LogP contribution in [0.2, 0.25) is 0 Å². The van der Waals surface area contributed by atoms with Crippen LogP contribution in [-0.4, -0.2) is 89.6 Å². The molecule has 3 fully saturated rings. The summed E-state index contributed by atoms with van der Waals surface area (Å²) in [7, 11) is -0.932. The molecule has 0 radical (unpaired) electrons. The van der Waals surface area contributed by atoms with E-state index in [9.17, 15) is 18.3 Å². The molecule has 3 aliphatic heterocycles. The van der Waals surface area contributed by atoms with Crippen LogP contribution < -0.4 is 5.43 Å². The van der Waals surface area contributed by atoms with Gasteiger partial charge in [-0.25, -0.2) is 8.42 Å². The molecule has 4 heterocycles. The van der Waals surface area contributed by atoms with Crippen LogP contribution in [0.15, 0.2) is 10.9 Å². The Morgan fingerprint density at radius 2 is 1.67 bits per heavy atom. The molecule has 0 bridgehead atoms. The smallest absolute Gasteiger partial charge is 0.223 e. The first-order valence-corrected chi connectivity index (χ1v) is 12.9. The summed E-state index contributed by atoms with van der Waals surface area (Å²) < 4.78 is 25.5. The van der Waals surface area contributed by atoms with E-state index in [2.05, 4.69) is 14.7 Å². The van der Waals surface area contributed by atoms with E-state index in [-0.39, 0.29) is 23.0 Å². The Balaban J connectivity index is 1.41. The van der Waals surface area contributed by atoms with Crippen LogP contribution in [0.5, 0.6) is 5.75 Å². The van der Waals surface area contributed by atoms with E-state index in [1.54, 1.807) is 6.07 Å². The van der Waals surface area contributed by atoms with Crippen molar-refractivity contribution in [2.24, 2.45) is 7.05 Å². The van der Waals surface area contributed by atoms with Crippen molar-refractivity contribution in [2.75, 3.05) is 50.8 Å². The highest BCUT2D eigenvalue weighted by atomic mass is 32.2. The molecule has 0 aromatic carbocycles. The van der Waals surface area contributed by atoms with Gasteiger partial charge in [0.2, 0.25) is 5.43 Å². The summed E-state index contributed by atoms with van der Waals surface area (Å²) in [6.45, 7) is 6.64. The summed E-state index contributed by atoms with van der Waals surface area (Å²) in [5, 5.41) is 10.5. The Morgan fingerprint density at radius 1 is 1.00 bits per heavy atom. The molecule has 1 N–H and O–H groups in total. The molecule has 3 saturated heterocycles. The molecule has 0 amide bonds. The molecule has 1 atom stereocenters. The first-order valence-electron chi connectivity index (χ1n) is 11.1. The minimum absolute atomic E-state index is 0.141. The van der Waals surface area contributed by atoms with Crippen LogP contribution in [0, 0.1) is 0 Å². The minimum atomic E-state index is -2.87. The fraction of sp³-hybridized carbons (Fsp3) is 0.762. The number of aromatic nitrogens is 1. The maximum absolute atomic E-state index is 12.4. The van der Waals surface area contributed by atoms with E-state index >= 15 is 0 Å². The normalized spacial score (nSPS) is 26.2. The van der Waals surface area contributed by atoms with Gasteiger partial charge in [-0.1, -0.05) is 6.42 Å². The topological polar surface area (TPSA) is 86.1 Å². The summed E-state index contributed by atoms with van der Waals surface area (Å²) in [4.78, 5) is 19.3. The molecule has 30 heavy (non-hydrogen) atoms. The summed E-state index contributed by atoms with van der Waals surface area (Å²) in [5.41, 5.74) is 1.32. The van der Waals surface area contributed by atoms with E-state index in [1.165, 1.54) is 19.3 Å². The average Bonchev–Trinajstić information content (AvgIpc) is 3.10. The van der Waals surface area contributed by atoms with Crippen LogP contribution >= 0.6 is 0 Å². The second kappa shape index (κ2) is 8.98. The van der Waals surface area contributed by atoms with Gasteiger partial charge in [0.1, 0.15) is 0 Å². The molecule has 0 unspecified atom stereocenters. The molecule has 0 spiro atoms. The van der Waals surface area contributed by atoms with Gasteiger partial charge in [-0.05, 0) is 32.4 Å². The lowest BCUT2D eigenvalue weighted by Crippen LogP contribution is -2.50. The number of sulfone groups is 1. The van der Waals surface area contributed by atoms with Crippen LogP contribution in [0.25, 0.3) is 0 Å². The Kier molecular flexibility index (Phi) is 6.53. The molecular formula is C21H34N4O4S. The van der Waals surface area contributed by atoms with Crippen molar-refractivity contribution in [1.82, 2.24) is 19.3 Å². The van der Waals surface area contributed by atoms with Crippen LogP contribution in [0.4, 0.5) is 0 Å². The second-order valence-corrected chi connectivity index (χ2v) is 11.3. The van der Waals surface area contributed by atoms with Crippen LogP contribution in [0.1, 0.15) is 37.1 Å². The van der Waals surface area contributed by atoms with Crippen molar-refractivity contribution in [1.29, 1.82) is 0 Å². The number of piperidine rings is 1. The molecule has 0 saturated carbocycles. The number of rotatable bonds is 5. The van der Waals surface area contributed by atoms with E-state index in [1.807, 2.05) is 11.6 Å². The highest BCUT2D eigenvalue weighted by Crippen LogP contribution is 2.22. The maximum atomic E-state index is 12.4. The monoisotopic (exact) mass is 438 g/mol. The number of hydrogen-bond acceptors (Lipinski definition) is 7. The van der Waals surface area contributed by atoms with Gasteiger partial charge in [0.15, 0.2) is 15.6 Å². The van der Waals surface area contributed by atoms with Gasteiger partial charge in [0.25, 0.3) is 0 Å². The van der Waals surface area contributed by atoms with Crippen molar-refractivity contribution in [3.8, 4) is 5.75 Å². The Labute approximate surface area is 179 Å². The second-order valence-electron chi connectivity index (χ2n) is 9.06. The molecule has 0 aliphatic carbocycles. The number of likely N-dealkylation sites (tertiary alicyclic amines) is 1. The van der Waals surface area contributed by atoms with Gasteiger partial charge in [0.05, 0.1) is 17.2 Å². The highest BCUT2D eigenvalue weighted by Gasteiger charge is 2.33. The standard InChI is InChI=1S/C21H34N4O4S/c1-22-18(14-23-6-3-2-4-7-23)13-20(26)21(27)19(22)15-24-8-10-25(11-9-24)17-5-12-30(28,29)16-17/h13,17,27H,2-12,14-16H2,1H3/t17-/m1/s1. The molecule has 4 rings (SSSR count). The van der Waals surface area contributed by atoms with Crippen LogP contribution in [-0.2, 0) is 30.0 Å². The molecule has 9 heteroatoms. The molecule has 1 aromatic rings. The fourth-order valence-corrected chi connectivity index (χ4v) is 6.79. The third-order valence-corrected chi connectivity index (χ3v) is 8.73. The zero-order valence-electron chi connectivity index (χ0n) is 17.9. The first-order chi connectivity index (χ1) is 14.3. The maximum Gasteiger partial charge on any atom is 0.223 e. The lowest BCUT2D eigenvalue weighted by atomic mass is 10.1. The summed E-state index contributed by atoms with van der Waals surface area (Å²) >= 11 is 0. The predicted molar refractivity (Wildman–Crippen MR) is 116 cm³/mol. The van der Waals surface area contributed by atoms with Gasteiger partial charge >= 0.3 is 0 Å². The molecule has 168 valence electrons. The number of piperazine rings is 1. The van der Waals surface area contributed by atoms with Crippen molar-refractivity contribution >= 4 is 9.84 Å². The van der Waals surface area contributed by atoms with Gasteiger partial charge in [-0.15, -0.1) is 0 Å². The van der Waals surface area contributed by atoms with Crippen LogP contribution in [0.3, 0.4) is 0 Å². The summed E-state index contributed by atoms with van der Waals surface area (Å²) in [6, 6.07) is 1.72. The predicted octanol–water partition coefficient (Wildman–Crippen LogP) is 0.382. The van der Waals surface area contributed by atoms with E-state index in [0.717, 1.165) is 57.9 Å². The fourth-order valence-electron chi connectivity index (χ4n) is 5.03. The van der Waals surface area contributed by atoms with Gasteiger partial charge in [0, 0.05) is 64.1 Å². The zero-order chi connectivity index (χ0) is 21.3. The Hall–Kier alpha value is -1.42. The zero-order valence-corrected chi connectivity index (χ0v) is 18.7. The van der Waals surface area contributed by atoms with Crippen molar-refractivity contribution in [3.63, 3.8) is 0 Å². The SMILES string of the molecule is Cn1c(CN2CCCCC2)cc(=O)c(O)c1CN1CCN([C@@H]2CCS(=O)(=O)C2)CC1. The third-order valence-electron chi connectivity index (χ3n) is 6.98. The van der Waals surface area contributed by atoms with Gasteiger partial charge < -0.3 is 9.67 Å². The van der Waals surface area contributed by atoms with Gasteiger partial charge in [-0.2, -0.15) is 0 Å². The molecular weight excluding hydrogens is 404 g/mol. The summed E-state index contributed by atoms with van der Waals surface area (Å²) in [6.07, 6.45) is 4.40. The number of aromatic hydroxyl groups is 1. The van der Waals surface area contributed by atoms with E-state index in [0.29, 0.717) is 18.0 Å². The number of nitrogens with zero attached hydrogens (tertiary/aromatic N) is 4. The lowest BCUT2D eigenvalue weighted by molar-refractivity contribution is 0.0976.